The first-order chi connectivity index (χ1) is 11.7. The van der Waals surface area contributed by atoms with E-state index in [1.54, 1.807) is 25.2 Å². The van der Waals surface area contributed by atoms with E-state index in [0.29, 0.717) is 11.1 Å². The number of amidine groups is 1. The fraction of sp³-hybridized carbons (Fsp3) is 0.389. The van der Waals surface area contributed by atoms with Crippen LogP contribution in [0.25, 0.3) is 11.1 Å². The Morgan fingerprint density at radius 3 is 2.88 bits per heavy atom. The van der Waals surface area contributed by atoms with Gasteiger partial charge in [-0.05, 0) is 23.6 Å². The van der Waals surface area contributed by atoms with E-state index in [9.17, 15) is 0 Å². The van der Waals surface area contributed by atoms with Crippen LogP contribution in [0.15, 0.2) is 48.0 Å². The summed E-state index contributed by atoms with van der Waals surface area (Å²) in [7, 11) is 1.79. The lowest BCUT2D eigenvalue weighted by Gasteiger charge is -2.35. The first kappa shape index (κ1) is 15.6. The zero-order valence-corrected chi connectivity index (χ0v) is 14.4. The first-order valence-corrected chi connectivity index (χ1v) is 9.06. The molecule has 5 nitrogen and oxygen atoms in total. The standard InChI is InChI=1S/C18H20N4OS/c1-23-16-6-15-10-24-17(19)22-18(15,7-16)14-4-2-3-12(5-14)13-8-20-11-21-9-13/h2-5,8-9,11,15-16H,6-7,10H2,1H3,(H2,19,22)/t15-,16+,18+/m0/s1. The fourth-order valence-corrected chi connectivity index (χ4v) is 4.89. The van der Waals surface area contributed by atoms with Crippen molar-refractivity contribution in [3.63, 3.8) is 0 Å². The monoisotopic (exact) mass is 340 g/mol. The molecule has 1 saturated carbocycles. The lowest BCUT2D eigenvalue weighted by molar-refractivity contribution is 0.102. The molecule has 1 aromatic carbocycles. The smallest absolute Gasteiger partial charge is 0.154 e. The molecule has 2 aromatic rings. The van der Waals surface area contributed by atoms with E-state index in [0.717, 1.165) is 29.7 Å². The second-order valence-corrected chi connectivity index (χ2v) is 7.43. The average molecular weight is 340 g/mol. The highest BCUT2D eigenvalue weighted by molar-refractivity contribution is 8.13. The van der Waals surface area contributed by atoms with Crippen LogP contribution >= 0.6 is 11.8 Å². The Labute approximate surface area is 145 Å². The molecule has 4 rings (SSSR count). The summed E-state index contributed by atoms with van der Waals surface area (Å²) in [6, 6.07) is 8.53. The number of nitrogens with zero attached hydrogens (tertiary/aromatic N) is 3. The highest BCUT2D eigenvalue weighted by Crippen LogP contribution is 2.51. The predicted octanol–water partition coefficient (Wildman–Crippen LogP) is 2.83. The highest BCUT2D eigenvalue weighted by Gasteiger charge is 2.50. The fourth-order valence-electron chi connectivity index (χ4n) is 3.88. The number of aromatic nitrogens is 2. The van der Waals surface area contributed by atoms with E-state index < -0.39 is 0 Å². The summed E-state index contributed by atoms with van der Waals surface area (Å²) in [5.41, 5.74) is 9.15. The minimum Gasteiger partial charge on any atom is -0.381 e. The van der Waals surface area contributed by atoms with Gasteiger partial charge < -0.3 is 10.5 Å². The van der Waals surface area contributed by atoms with Crippen molar-refractivity contribution in [2.24, 2.45) is 16.6 Å². The second kappa shape index (κ2) is 6.18. The number of methoxy groups -OCH3 is 1. The van der Waals surface area contributed by atoms with Crippen LogP contribution in [0, 0.1) is 5.92 Å². The molecule has 2 aliphatic rings. The quantitative estimate of drug-likeness (QED) is 0.930. The molecule has 24 heavy (non-hydrogen) atoms. The number of fused-ring (bicyclic) bond motifs is 1. The van der Waals surface area contributed by atoms with Gasteiger partial charge in [-0.1, -0.05) is 30.0 Å². The van der Waals surface area contributed by atoms with Crippen molar-refractivity contribution >= 4 is 16.9 Å². The number of hydrogen-bond donors (Lipinski definition) is 1. The molecule has 1 aromatic heterocycles. The molecule has 0 bridgehead atoms. The van der Waals surface area contributed by atoms with Crippen LogP contribution in [-0.4, -0.2) is 34.1 Å². The van der Waals surface area contributed by atoms with Crippen molar-refractivity contribution in [2.45, 2.75) is 24.5 Å². The zero-order valence-electron chi connectivity index (χ0n) is 13.6. The largest absolute Gasteiger partial charge is 0.381 e. The lowest BCUT2D eigenvalue weighted by Crippen LogP contribution is -2.36. The minimum absolute atomic E-state index is 0.231. The van der Waals surface area contributed by atoms with Crippen LogP contribution in [0.3, 0.4) is 0 Å². The predicted molar refractivity (Wildman–Crippen MR) is 96.7 cm³/mol. The summed E-state index contributed by atoms with van der Waals surface area (Å²) in [5, 5.41) is 0.677. The van der Waals surface area contributed by atoms with Gasteiger partial charge >= 0.3 is 0 Å². The van der Waals surface area contributed by atoms with E-state index in [-0.39, 0.29) is 11.6 Å². The van der Waals surface area contributed by atoms with Crippen molar-refractivity contribution in [1.29, 1.82) is 0 Å². The lowest BCUT2D eigenvalue weighted by atomic mass is 9.81. The number of thioether (sulfide) groups is 1. The topological polar surface area (TPSA) is 73.4 Å². The molecular weight excluding hydrogens is 320 g/mol. The summed E-state index contributed by atoms with van der Waals surface area (Å²) in [6.45, 7) is 0. The van der Waals surface area contributed by atoms with Gasteiger partial charge in [-0.3, -0.25) is 4.99 Å². The molecule has 1 fully saturated rings. The molecule has 0 unspecified atom stereocenters. The van der Waals surface area contributed by atoms with Gasteiger partial charge in [-0.2, -0.15) is 0 Å². The summed E-state index contributed by atoms with van der Waals surface area (Å²) in [6.07, 6.45) is 7.35. The third-order valence-corrected chi connectivity index (χ3v) is 6.05. The number of nitrogens with two attached hydrogens (primary N) is 1. The van der Waals surface area contributed by atoms with Crippen LogP contribution in [0.5, 0.6) is 0 Å². The van der Waals surface area contributed by atoms with Crippen LogP contribution in [-0.2, 0) is 10.3 Å². The molecule has 0 spiro atoms. The van der Waals surface area contributed by atoms with Gasteiger partial charge in [0.15, 0.2) is 5.17 Å². The van der Waals surface area contributed by atoms with Crippen LogP contribution in [0.2, 0.25) is 0 Å². The number of rotatable bonds is 3. The Morgan fingerprint density at radius 2 is 2.08 bits per heavy atom. The molecule has 1 aliphatic carbocycles. The summed E-state index contributed by atoms with van der Waals surface area (Å²) >= 11 is 1.65. The molecular formula is C18H20N4OS. The molecule has 0 amide bonds. The van der Waals surface area contributed by atoms with E-state index in [1.165, 1.54) is 5.56 Å². The molecule has 2 heterocycles. The SMILES string of the molecule is CO[C@@H]1C[C@H]2CSC(N)=N[C@@]2(c2cccc(-c3cncnc3)c2)C1. The molecule has 1 aliphatic heterocycles. The number of ether oxygens (including phenoxy) is 1. The Kier molecular flexibility index (Phi) is 4.02. The third kappa shape index (κ3) is 2.59. The van der Waals surface area contributed by atoms with Crippen molar-refractivity contribution < 1.29 is 4.74 Å². The van der Waals surface area contributed by atoms with Crippen molar-refractivity contribution in [2.75, 3.05) is 12.9 Å². The normalized spacial score (nSPS) is 29.1. The van der Waals surface area contributed by atoms with E-state index in [1.807, 2.05) is 12.4 Å². The molecule has 3 atom stereocenters. The van der Waals surface area contributed by atoms with Crippen LogP contribution < -0.4 is 5.73 Å². The van der Waals surface area contributed by atoms with E-state index >= 15 is 0 Å². The average Bonchev–Trinajstić information content (AvgIpc) is 3.02. The number of hydrogen-bond acceptors (Lipinski definition) is 6. The van der Waals surface area contributed by atoms with Gasteiger partial charge in [0.1, 0.15) is 6.33 Å². The van der Waals surface area contributed by atoms with Gasteiger partial charge in [0.05, 0.1) is 11.6 Å². The maximum atomic E-state index is 6.10. The van der Waals surface area contributed by atoms with Crippen molar-refractivity contribution in [3.8, 4) is 11.1 Å². The highest BCUT2D eigenvalue weighted by atomic mass is 32.2. The maximum absolute atomic E-state index is 6.10. The Morgan fingerprint density at radius 1 is 1.25 bits per heavy atom. The third-order valence-electron chi connectivity index (χ3n) is 5.09. The van der Waals surface area contributed by atoms with Gasteiger partial charge in [0.2, 0.25) is 0 Å². The Bertz CT molecular complexity index is 767. The molecule has 0 radical (unpaired) electrons. The van der Waals surface area contributed by atoms with E-state index in [4.69, 9.17) is 15.5 Å². The second-order valence-electron chi connectivity index (χ2n) is 6.39. The Hall–Kier alpha value is -1.92. The number of aliphatic imine (C=N–C) groups is 1. The maximum Gasteiger partial charge on any atom is 0.154 e. The van der Waals surface area contributed by atoms with Gasteiger partial charge in [0, 0.05) is 43.2 Å². The minimum atomic E-state index is -0.276. The summed E-state index contributed by atoms with van der Waals surface area (Å²) in [4.78, 5) is 13.2. The molecule has 124 valence electrons. The van der Waals surface area contributed by atoms with Crippen LogP contribution in [0.4, 0.5) is 0 Å². The van der Waals surface area contributed by atoms with Gasteiger partial charge in [-0.25, -0.2) is 9.97 Å². The Balaban J connectivity index is 1.80. The summed E-state index contributed by atoms with van der Waals surface area (Å²) in [5.74, 6) is 1.44. The summed E-state index contributed by atoms with van der Waals surface area (Å²) < 4.78 is 5.66. The molecule has 6 heteroatoms. The molecule has 0 saturated heterocycles. The first-order valence-electron chi connectivity index (χ1n) is 8.08. The van der Waals surface area contributed by atoms with E-state index in [2.05, 4.69) is 34.2 Å². The van der Waals surface area contributed by atoms with Crippen molar-refractivity contribution in [1.82, 2.24) is 9.97 Å². The molecule has 2 N–H and O–H groups in total. The van der Waals surface area contributed by atoms with Crippen molar-refractivity contribution in [3.05, 3.63) is 48.5 Å². The van der Waals surface area contributed by atoms with Gasteiger partial charge in [-0.15, -0.1) is 0 Å². The number of benzene rings is 1. The zero-order chi connectivity index (χ0) is 16.6. The van der Waals surface area contributed by atoms with Crippen LogP contribution in [0.1, 0.15) is 18.4 Å². The van der Waals surface area contributed by atoms with Gasteiger partial charge in [0.25, 0.3) is 0 Å².